The SMILES string of the molecule is O=C(C=Cc1ccccc1)N[C@@H](CC1CC1)C(=O)N[C@@H](C[C@@H]1CCNC1=O)C(=O)C(=O)NCc1ccccc1. The van der Waals surface area contributed by atoms with Crippen LogP contribution >= 0.6 is 0 Å². The van der Waals surface area contributed by atoms with E-state index in [2.05, 4.69) is 21.3 Å². The molecule has 4 N–H and O–H groups in total. The standard InChI is InChI=1S/C30H34N4O5/c35-26(14-13-20-7-3-1-4-8-20)33-25(17-21-11-12-21)29(38)34-24(18-23-15-16-31-28(23)37)27(36)30(39)32-19-22-9-5-2-6-10-22/h1-10,13-14,21,23-25H,11-12,15-19H2,(H,31,37)(H,32,39)(H,33,35)(H,34,38)/t23-,24-,25-/m0/s1. The Balaban J connectivity index is 1.42. The third-order valence-corrected chi connectivity index (χ3v) is 6.96. The molecular formula is C30H34N4O5. The number of hydrogen-bond donors (Lipinski definition) is 4. The average molecular weight is 531 g/mol. The van der Waals surface area contributed by atoms with Crippen LogP contribution in [0, 0.1) is 11.8 Å². The van der Waals surface area contributed by atoms with Gasteiger partial charge in [-0.1, -0.05) is 73.5 Å². The molecule has 0 unspecified atom stereocenters. The molecule has 1 heterocycles. The van der Waals surface area contributed by atoms with E-state index < -0.39 is 41.5 Å². The van der Waals surface area contributed by atoms with E-state index in [-0.39, 0.29) is 18.9 Å². The fourth-order valence-electron chi connectivity index (χ4n) is 4.56. The van der Waals surface area contributed by atoms with E-state index in [1.54, 1.807) is 6.08 Å². The van der Waals surface area contributed by atoms with Crippen molar-refractivity contribution in [3.63, 3.8) is 0 Å². The van der Waals surface area contributed by atoms with Gasteiger partial charge in [0, 0.05) is 25.1 Å². The van der Waals surface area contributed by atoms with E-state index in [4.69, 9.17) is 0 Å². The van der Waals surface area contributed by atoms with Crippen molar-refractivity contribution >= 4 is 35.5 Å². The fraction of sp³-hybridized carbons (Fsp3) is 0.367. The lowest BCUT2D eigenvalue weighted by molar-refractivity contribution is -0.141. The van der Waals surface area contributed by atoms with Gasteiger partial charge in [0.25, 0.3) is 5.91 Å². The molecule has 2 aromatic rings. The van der Waals surface area contributed by atoms with Crippen molar-refractivity contribution < 1.29 is 24.0 Å². The van der Waals surface area contributed by atoms with Gasteiger partial charge in [-0.25, -0.2) is 0 Å². The van der Waals surface area contributed by atoms with Crippen LogP contribution in [0.5, 0.6) is 0 Å². The maximum Gasteiger partial charge on any atom is 0.289 e. The zero-order valence-corrected chi connectivity index (χ0v) is 21.7. The molecule has 204 valence electrons. The number of benzene rings is 2. The first kappa shape index (κ1) is 27.8. The molecule has 9 nitrogen and oxygen atoms in total. The summed E-state index contributed by atoms with van der Waals surface area (Å²) in [6.45, 7) is 0.636. The van der Waals surface area contributed by atoms with Gasteiger partial charge in [0.15, 0.2) is 0 Å². The van der Waals surface area contributed by atoms with E-state index in [1.807, 2.05) is 60.7 Å². The Kier molecular flexibility index (Phi) is 9.61. The average Bonchev–Trinajstić information content (AvgIpc) is 3.69. The molecule has 2 aliphatic rings. The Morgan fingerprint density at radius 3 is 2.21 bits per heavy atom. The predicted octanol–water partition coefficient (Wildman–Crippen LogP) is 1.88. The molecule has 39 heavy (non-hydrogen) atoms. The van der Waals surface area contributed by atoms with Crippen molar-refractivity contribution in [2.45, 2.75) is 50.7 Å². The topological polar surface area (TPSA) is 133 Å². The van der Waals surface area contributed by atoms with Gasteiger partial charge in [-0.05, 0) is 42.4 Å². The monoisotopic (exact) mass is 530 g/mol. The molecule has 1 saturated heterocycles. The Bertz CT molecular complexity index is 1210. The van der Waals surface area contributed by atoms with Crippen molar-refractivity contribution in [2.75, 3.05) is 6.54 Å². The lowest BCUT2D eigenvalue weighted by Gasteiger charge is -2.23. The molecule has 0 aromatic heterocycles. The van der Waals surface area contributed by atoms with Crippen LogP contribution in [-0.4, -0.2) is 48.0 Å². The van der Waals surface area contributed by atoms with Gasteiger partial charge in [0.1, 0.15) is 6.04 Å². The molecule has 0 radical (unpaired) electrons. The van der Waals surface area contributed by atoms with Crippen LogP contribution in [0.2, 0.25) is 0 Å². The molecule has 3 atom stereocenters. The lowest BCUT2D eigenvalue weighted by atomic mass is 9.95. The smallest absolute Gasteiger partial charge is 0.289 e. The van der Waals surface area contributed by atoms with Crippen LogP contribution in [0.25, 0.3) is 6.08 Å². The Hall–Kier alpha value is -4.27. The van der Waals surface area contributed by atoms with Crippen LogP contribution < -0.4 is 21.3 Å². The molecule has 1 aliphatic carbocycles. The van der Waals surface area contributed by atoms with Crippen LogP contribution in [-0.2, 0) is 30.5 Å². The largest absolute Gasteiger partial charge is 0.356 e. The van der Waals surface area contributed by atoms with Crippen molar-refractivity contribution in [3.05, 3.63) is 77.9 Å². The van der Waals surface area contributed by atoms with Crippen molar-refractivity contribution in [2.24, 2.45) is 11.8 Å². The summed E-state index contributed by atoms with van der Waals surface area (Å²) in [5, 5.41) is 10.8. The predicted molar refractivity (Wildman–Crippen MR) is 146 cm³/mol. The fourth-order valence-corrected chi connectivity index (χ4v) is 4.56. The molecule has 2 aromatic carbocycles. The van der Waals surface area contributed by atoms with Gasteiger partial charge in [-0.15, -0.1) is 0 Å². The van der Waals surface area contributed by atoms with Gasteiger partial charge >= 0.3 is 0 Å². The van der Waals surface area contributed by atoms with Crippen LogP contribution in [0.1, 0.15) is 43.2 Å². The Labute approximate surface area is 227 Å². The van der Waals surface area contributed by atoms with Crippen molar-refractivity contribution in [1.82, 2.24) is 21.3 Å². The first-order valence-electron chi connectivity index (χ1n) is 13.4. The summed E-state index contributed by atoms with van der Waals surface area (Å²) < 4.78 is 0. The Morgan fingerprint density at radius 1 is 0.872 bits per heavy atom. The van der Waals surface area contributed by atoms with E-state index in [9.17, 15) is 24.0 Å². The number of ketones is 1. The second-order valence-electron chi connectivity index (χ2n) is 10.1. The van der Waals surface area contributed by atoms with Crippen LogP contribution in [0.3, 0.4) is 0 Å². The molecule has 4 rings (SSSR count). The minimum Gasteiger partial charge on any atom is -0.356 e. The van der Waals surface area contributed by atoms with Gasteiger partial charge in [0.2, 0.25) is 23.5 Å². The molecule has 2 fully saturated rings. The summed E-state index contributed by atoms with van der Waals surface area (Å²) in [5.74, 6) is -3.03. The highest BCUT2D eigenvalue weighted by atomic mass is 16.2. The maximum absolute atomic E-state index is 13.4. The highest BCUT2D eigenvalue weighted by Crippen LogP contribution is 2.33. The highest BCUT2D eigenvalue weighted by molar-refractivity contribution is 6.38. The van der Waals surface area contributed by atoms with Gasteiger partial charge in [0.05, 0.1) is 6.04 Å². The number of carbonyl (C=O) groups excluding carboxylic acids is 5. The molecule has 1 aliphatic heterocycles. The number of Topliss-reactive ketones (excluding diaryl/α,β-unsaturated/α-hetero) is 1. The second kappa shape index (κ2) is 13.5. The summed E-state index contributed by atoms with van der Waals surface area (Å²) in [5.41, 5.74) is 1.67. The van der Waals surface area contributed by atoms with Crippen molar-refractivity contribution in [3.8, 4) is 0 Å². The first-order chi connectivity index (χ1) is 18.9. The summed E-state index contributed by atoms with van der Waals surface area (Å²) in [7, 11) is 0. The maximum atomic E-state index is 13.4. The van der Waals surface area contributed by atoms with Gasteiger partial charge in [-0.2, -0.15) is 0 Å². The van der Waals surface area contributed by atoms with E-state index in [0.717, 1.165) is 24.0 Å². The van der Waals surface area contributed by atoms with Gasteiger partial charge in [-0.3, -0.25) is 24.0 Å². The minimum absolute atomic E-state index is 0.00711. The molecule has 0 bridgehead atoms. The number of nitrogens with one attached hydrogen (secondary N) is 4. The third kappa shape index (κ3) is 8.63. The second-order valence-corrected chi connectivity index (χ2v) is 10.1. The van der Waals surface area contributed by atoms with E-state index >= 15 is 0 Å². The van der Waals surface area contributed by atoms with Crippen LogP contribution in [0.4, 0.5) is 0 Å². The summed E-state index contributed by atoms with van der Waals surface area (Å²) in [6.07, 6.45) is 5.90. The Morgan fingerprint density at radius 2 is 1.56 bits per heavy atom. The summed E-state index contributed by atoms with van der Waals surface area (Å²) in [4.78, 5) is 64.1. The minimum atomic E-state index is -1.19. The zero-order valence-electron chi connectivity index (χ0n) is 21.7. The lowest BCUT2D eigenvalue weighted by Crippen LogP contribution is -2.54. The third-order valence-electron chi connectivity index (χ3n) is 6.96. The van der Waals surface area contributed by atoms with Gasteiger partial charge < -0.3 is 21.3 Å². The highest BCUT2D eigenvalue weighted by Gasteiger charge is 2.36. The summed E-state index contributed by atoms with van der Waals surface area (Å²) in [6, 6.07) is 16.4. The van der Waals surface area contributed by atoms with Crippen LogP contribution in [0.15, 0.2) is 66.7 Å². The number of rotatable bonds is 13. The number of hydrogen-bond acceptors (Lipinski definition) is 5. The molecule has 1 saturated carbocycles. The molecule has 4 amide bonds. The molecule has 9 heteroatoms. The normalized spacial score (nSPS) is 18.2. The molecule has 0 spiro atoms. The summed E-state index contributed by atoms with van der Waals surface area (Å²) >= 11 is 0. The van der Waals surface area contributed by atoms with Crippen molar-refractivity contribution in [1.29, 1.82) is 0 Å². The zero-order chi connectivity index (χ0) is 27.6. The van der Waals surface area contributed by atoms with E-state index in [0.29, 0.717) is 25.3 Å². The molecular weight excluding hydrogens is 496 g/mol. The first-order valence-corrected chi connectivity index (χ1v) is 13.4. The quantitative estimate of drug-likeness (QED) is 0.232. The van der Waals surface area contributed by atoms with E-state index in [1.165, 1.54) is 6.08 Å². The number of carbonyl (C=O) groups is 5. The number of amides is 4.